The third-order valence-corrected chi connectivity index (χ3v) is 4.13. The van der Waals surface area contributed by atoms with E-state index in [1.165, 1.54) is 19.3 Å². The second-order valence-corrected chi connectivity index (χ2v) is 5.76. The molecule has 1 fully saturated rings. The third-order valence-electron chi connectivity index (χ3n) is 4.13. The van der Waals surface area contributed by atoms with Gasteiger partial charge in [-0.15, -0.1) is 0 Å². The number of hydrogen-bond donors (Lipinski definition) is 1. The van der Waals surface area contributed by atoms with E-state index >= 15 is 0 Å². The average molecular weight is 286 g/mol. The minimum atomic E-state index is -0.123. The minimum Gasteiger partial charge on any atom is -0.451 e. The molecule has 2 aromatic rings. The number of benzene rings is 1. The lowest BCUT2D eigenvalue weighted by atomic mass is 10.1. The van der Waals surface area contributed by atoms with Crippen molar-refractivity contribution in [3.63, 3.8) is 0 Å². The highest BCUT2D eigenvalue weighted by Gasteiger charge is 2.14. The van der Waals surface area contributed by atoms with Gasteiger partial charge in [-0.2, -0.15) is 0 Å². The topological polar surface area (TPSA) is 45.5 Å². The highest BCUT2D eigenvalue weighted by atomic mass is 16.3. The van der Waals surface area contributed by atoms with Gasteiger partial charge in [-0.05, 0) is 44.5 Å². The fourth-order valence-corrected chi connectivity index (χ4v) is 2.92. The smallest absolute Gasteiger partial charge is 0.287 e. The molecule has 0 unspecified atom stereocenters. The monoisotopic (exact) mass is 286 g/mol. The molecule has 3 rings (SSSR count). The Balaban J connectivity index is 1.57. The van der Waals surface area contributed by atoms with Gasteiger partial charge in [0.05, 0.1) is 0 Å². The van der Waals surface area contributed by atoms with E-state index in [4.69, 9.17) is 4.42 Å². The van der Waals surface area contributed by atoms with Crippen LogP contribution in [0.1, 0.15) is 35.4 Å². The first kappa shape index (κ1) is 14.1. The number of nitrogens with one attached hydrogen (secondary N) is 1. The van der Waals surface area contributed by atoms with Crippen LogP contribution in [-0.2, 0) is 0 Å². The molecule has 1 saturated heterocycles. The lowest BCUT2D eigenvalue weighted by Gasteiger charge is -2.26. The van der Waals surface area contributed by atoms with E-state index in [9.17, 15) is 4.79 Å². The average Bonchev–Trinajstić information content (AvgIpc) is 2.94. The SMILES string of the molecule is Cc1cccc2cc(C(=O)NCCN3CCCCC3)oc12. The van der Waals surface area contributed by atoms with Crippen LogP contribution < -0.4 is 5.32 Å². The van der Waals surface area contributed by atoms with Crippen molar-refractivity contribution in [2.45, 2.75) is 26.2 Å². The summed E-state index contributed by atoms with van der Waals surface area (Å²) in [5.41, 5.74) is 1.86. The van der Waals surface area contributed by atoms with Crippen LogP contribution in [0.3, 0.4) is 0 Å². The number of likely N-dealkylation sites (tertiary alicyclic amines) is 1. The van der Waals surface area contributed by atoms with Crippen LogP contribution >= 0.6 is 0 Å². The van der Waals surface area contributed by atoms with E-state index in [0.717, 1.165) is 36.2 Å². The third kappa shape index (κ3) is 3.27. The molecule has 1 aliphatic rings. The van der Waals surface area contributed by atoms with Crippen molar-refractivity contribution in [2.75, 3.05) is 26.2 Å². The number of furan rings is 1. The number of carbonyl (C=O) groups excluding carboxylic acids is 1. The number of fused-ring (bicyclic) bond motifs is 1. The molecule has 21 heavy (non-hydrogen) atoms. The summed E-state index contributed by atoms with van der Waals surface area (Å²) in [5.74, 6) is 0.278. The van der Waals surface area contributed by atoms with E-state index in [2.05, 4.69) is 10.2 Å². The van der Waals surface area contributed by atoms with Crippen LogP contribution in [-0.4, -0.2) is 37.0 Å². The van der Waals surface area contributed by atoms with Gasteiger partial charge in [0.15, 0.2) is 5.76 Å². The summed E-state index contributed by atoms with van der Waals surface area (Å²) in [4.78, 5) is 14.6. The van der Waals surface area contributed by atoms with Crippen LogP contribution in [0.15, 0.2) is 28.7 Å². The van der Waals surface area contributed by atoms with Gasteiger partial charge in [-0.1, -0.05) is 24.6 Å². The summed E-state index contributed by atoms with van der Waals surface area (Å²) in [7, 11) is 0. The Morgan fingerprint density at radius 2 is 2.10 bits per heavy atom. The number of piperidine rings is 1. The maximum absolute atomic E-state index is 12.1. The Morgan fingerprint density at radius 3 is 2.86 bits per heavy atom. The fourth-order valence-electron chi connectivity index (χ4n) is 2.92. The summed E-state index contributed by atoms with van der Waals surface area (Å²) >= 11 is 0. The molecule has 1 aromatic heterocycles. The first-order valence-corrected chi connectivity index (χ1v) is 7.74. The van der Waals surface area contributed by atoms with Gasteiger partial charge in [0.1, 0.15) is 5.58 Å². The van der Waals surface area contributed by atoms with E-state index in [0.29, 0.717) is 12.3 Å². The van der Waals surface area contributed by atoms with Crippen molar-refractivity contribution in [3.8, 4) is 0 Å². The van der Waals surface area contributed by atoms with E-state index in [1.807, 2.05) is 31.2 Å². The standard InChI is InChI=1S/C17H22N2O2/c1-13-6-5-7-14-12-15(21-16(13)14)17(20)18-8-11-19-9-3-2-4-10-19/h5-7,12H,2-4,8-11H2,1H3,(H,18,20). The molecule has 2 heterocycles. The van der Waals surface area contributed by atoms with Crippen molar-refractivity contribution in [3.05, 3.63) is 35.6 Å². The molecule has 0 saturated carbocycles. The van der Waals surface area contributed by atoms with Gasteiger partial charge >= 0.3 is 0 Å². The van der Waals surface area contributed by atoms with E-state index in [-0.39, 0.29) is 5.91 Å². The van der Waals surface area contributed by atoms with Crippen molar-refractivity contribution in [1.82, 2.24) is 10.2 Å². The zero-order valence-corrected chi connectivity index (χ0v) is 12.5. The first-order valence-electron chi connectivity index (χ1n) is 7.74. The Morgan fingerprint density at radius 1 is 1.29 bits per heavy atom. The summed E-state index contributed by atoms with van der Waals surface area (Å²) in [6.07, 6.45) is 3.88. The van der Waals surface area contributed by atoms with Crippen LogP contribution in [0.25, 0.3) is 11.0 Å². The summed E-state index contributed by atoms with van der Waals surface area (Å²) in [6.45, 7) is 5.89. The molecule has 0 spiro atoms. The van der Waals surface area contributed by atoms with Crippen LogP contribution in [0.2, 0.25) is 0 Å². The zero-order chi connectivity index (χ0) is 14.7. The summed E-state index contributed by atoms with van der Waals surface area (Å²) < 4.78 is 5.68. The maximum atomic E-state index is 12.1. The second-order valence-electron chi connectivity index (χ2n) is 5.76. The normalized spacial score (nSPS) is 16.2. The number of nitrogens with zero attached hydrogens (tertiary/aromatic N) is 1. The van der Waals surface area contributed by atoms with E-state index < -0.39 is 0 Å². The highest BCUT2D eigenvalue weighted by Crippen LogP contribution is 2.22. The molecule has 1 amide bonds. The van der Waals surface area contributed by atoms with Gasteiger partial charge in [-0.3, -0.25) is 4.79 Å². The molecule has 0 radical (unpaired) electrons. The van der Waals surface area contributed by atoms with Gasteiger partial charge in [0.2, 0.25) is 0 Å². The minimum absolute atomic E-state index is 0.123. The number of rotatable bonds is 4. The Labute approximate surface area is 125 Å². The summed E-state index contributed by atoms with van der Waals surface area (Å²) in [6, 6.07) is 7.75. The fraction of sp³-hybridized carbons (Fsp3) is 0.471. The van der Waals surface area contributed by atoms with Gasteiger partial charge < -0.3 is 14.6 Å². The zero-order valence-electron chi connectivity index (χ0n) is 12.5. The first-order chi connectivity index (χ1) is 10.2. The van der Waals surface area contributed by atoms with Gasteiger partial charge in [0, 0.05) is 18.5 Å². The predicted molar refractivity (Wildman–Crippen MR) is 83.6 cm³/mol. The number of hydrogen-bond acceptors (Lipinski definition) is 3. The van der Waals surface area contributed by atoms with Crippen molar-refractivity contribution in [1.29, 1.82) is 0 Å². The predicted octanol–water partition coefficient (Wildman–Crippen LogP) is 2.96. The van der Waals surface area contributed by atoms with E-state index in [1.54, 1.807) is 0 Å². The van der Waals surface area contributed by atoms with Crippen molar-refractivity contribution in [2.24, 2.45) is 0 Å². The molecular formula is C17H22N2O2. The Kier molecular flexibility index (Phi) is 4.25. The highest BCUT2D eigenvalue weighted by molar-refractivity contribution is 5.96. The molecule has 112 valence electrons. The molecule has 1 aliphatic heterocycles. The molecular weight excluding hydrogens is 264 g/mol. The Hall–Kier alpha value is -1.81. The second kappa shape index (κ2) is 6.31. The molecule has 1 aromatic carbocycles. The van der Waals surface area contributed by atoms with Crippen molar-refractivity contribution < 1.29 is 9.21 Å². The Bertz CT molecular complexity index is 627. The van der Waals surface area contributed by atoms with Crippen LogP contribution in [0, 0.1) is 6.92 Å². The van der Waals surface area contributed by atoms with Crippen molar-refractivity contribution >= 4 is 16.9 Å². The molecule has 0 bridgehead atoms. The van der Waals surface area contributed by atoms with Gasteiger partial charge in [-0.25, -0.2) is 0 Å². The molecule has 0 atom stereocenters. The maximum Gasteiger partial charge on any atom is 0.287 e. The number of carbonyl (C=O) groups is 1. The summed E-state index contributed by atoms with van der Waals surface area (Å²) in [5, 5.41) is 3.93. The molecule has 4 heteroatoms. The number of aryl methyl sites for hydroxylation is 1. The lowest BCUT2D eigenvalue weighted by molar-refractivity contribution is 0.0921. The quantitative estimate of drug-likeness (QED) is 0.940. The largest absolute Gasteiger partial charge is 0.451 e. The number of para-hydroxylation sites is 1. The molecule has 0 aliphatic carbocycles. The van der Waals surface area contributed by atoms with Gasteiger partial charge in [0.25, 0.3) is 5.91 Å². The molecule has 1 N–H and O–H groups in total. The van der Waals surface area contributed by atoms with Crippen LogP contribution in [0.4, 0.5) is 0 Å². The molecule has 4 nitrogen and oxygen atoms in total. The number of amides is 1. The lowest BCUT2D eigenvalue weighted by Crippen LogP contribution is -2.37. The van der Waals surface area contributed by atoms with Crippen LogP contribution in [0.5, 0.6) is 0 Å².